The number of carboxylic acid groups (broad SMARTS) is 1. The van der Waals surface area contributed by atoms with Crippen LogP contribution in [0.2, 0.25) is 0 Å². The van der Waals surface area contributed by atoms with Gasteiger partial charge in [-0.15, -0.1) is 0 Å². The maximum absolute atomic E-state index is 12.4. The third-order valence-electron chi connectivity index (χ3n) is 4.65. The van der Waals surface area contributed by atoms with Gasteiger partial charge in [0, 0.05) is 37.3 Å². The molecule has 0 aromatic heterocycles. The summed E-state index contributed by atoms with van der Waals surface area (Å²) < 4.78 is 5.27. The fraction of sp³-hybridized carbons (Fsp3) is 0.500. The number of carboxylic acids is 1. The number of carbonyl (C=O) groups excluding carboxylic acids is 2. The molecular formula is C18H22N2O5. The first kappa shape index (κ1) is 17.4. The number of ketones is 1. The summed E-state index contributed by atoms with van der Waals surface area (Å²) in [5.41, 5.74) is 2.56. The highest BCUT2D eigenvalue weighted by atomic mass is 16.5. The minimum Gasteiger partial charge on any atom is -0.481 e. The van der Waals surface area contributed by atoms with Crippen LogP contribution in [0.25, 0.3) is 0 Å². The van der Waals surface area contributed by atoms with Crippen LogP contribution in [0.4, 0.5) is 5.69 Å². The lowest BCUT2D eigenvalue weighted by Gasteiger charge is -2.29. The molecule has 0 radical (unpaired) electrons. The second-order valence-electron chi connectivity index (χ2n) is 6.33. The van der Waals surface area contributed by atoms with Gasteiger partial charge in [-0.1, -0.05) is 0 Å². The molecule has 0 spiro atoms. The molecule has 2 aliphatic rings. The number of carbonyl (C=O) groups is 3. The van der Waals surface area contributed by atoms with Gasteiger partial charge in [0.05, 0.1) is 26.2 Å². The predicted molar refractivity (Wildman–Crippen MR) is 91.0 cm³/mol. The highest BCUT2D eigenvalue weighted by Crippen LogP contribution is 2.29. The van der Waals surface area contributed by atoms with Gasteiger partial charge in [-0.3, -0.25) is 14.4 Å². The number of Topliss-reactive ketones (excluding diaryl/α,β-unsaturated/α-hetero) is 1. The van der Waals surface area contributed by atoms with Crippen LogP contribution in [0.1, 0.15) is 28.8 Å². The van der Waals surface area contributed by atoms with Crippen molar-refractivity contribution in [1.29, 1.82) is 0 Å². The number of anilines is 1. The van der Waals surface area contributed by atoms with E-state index in [1.807, 2.05) is 21.9 Å². The first-order valence-electron chi connectivity index (χ1n) is 8.53. The molecule has 1 fully saturated rings. The molecule has 0 unspecified atom stereocenters. The summed E-state index contributed by atoms with van der Waals surface area (Å²) in [6.07, 6.45) is 0.634. The zero-order valence-electron chi connectivity index (χ0n) is 14.1. The molecule has 1 N–H and O–H groups in total. The van der Waals surface area contributed by atoms with E-state index in [1.165, 1.54) is 0 Å². The summed E-state index contributed by atoms with van der Waals surface area (Å²) in [4.78, 5) is 38.9. The molecule has 134 valence electrons. The Balaban J connectivity index is 1.63. The van der Waals surface area contributed by atoms with E-state index in [2.05, 4.69) is 0 Å². The molecule has 3 rings (SSSR count). The van der Waals surface area contributed by atoms with Crippen molar-refractivity contribution in [2.75, 3.05) is 44.3 Å². The van der Waals surface area contributed by atoms with Gasteiger partial charge in [-0.2, -0.15) is 0 Å². The molecule has 7 nitrogen and oxygen atoms in total. The van der Waals surface area contributed by atoms with Crippen molar-refractivity contribution in [3.05, 3.63) is 29.3 Å². The quantitative estimate of drug-likeness (QED) is 0.772. The van der Waals surface area contributed by atoms with Gasteiger partial charge in [0.2, 0.25) is 5.91 Å². The molecule has 0 aliphatic carbocycles. The van der Waals surface area contributed by atoms with Crippen LogP contribution >= 0.6 is 0 Å². The van der Waals surface area contributed by atoms with E-state index in [1.54, 1.807) is 6.07 Å². The zero-order chi connectivity index (χ0) is 17.8. The molecule has 2 aliphatic heterocycles. The number of amides is 1. The van der Waals surface area contributed by atoms with Crippen molar-refractivity contribution in [3.63, 3.8) is 0 Å². The van der Waals surface area contributed by atoms with Gasteiger partial charge in [0.1, 0.15) is 0 Å². The molecule has 0 saturated carbocycles. The second kappa shape index (κ2) is 7.65. The van der Waals surface area contributed by atoms with Gasteiger partial charge >= 0.3 is 5.97 Å². The topological polar surface area (TPSA) is 87.2 Å². The Kier molecular flexibility index (Phi) is 5.33. The number of nitrogens with zero attached hydrogens (tertiary/aromatic N) is 2. The number of hydrogen-bond acceptors (Lipinski definition) is 5. The fourth-order valence-electron chi connectivity index (χ4n) is 3.25. The maximum atomic E-state index is 12.4. The molecule has 1 aromatic rings. The van der Waals surface area contributed by atoms with E-state index in [-0.39, 0.29) is 24.5 Å². The number of benzene rings is 1. The van der Waals surface area contributed by atoms with Crippen LogP contribution in [0.15, 0.2) is 18.2 Å². The summed E-state index contributed by atoms with van der Waals surface area (Å²) in [6, 6.07) is 5.42. The minimum atomic E-state index is -0.970. The Hall–Kier alpha value is -2.41. The summed E-state index contributed by atoms with van der Waals surface area (Å²) >= 11 is 0. The average molecular weight is 346 g/mol. The highest BCUT2D eigenvalue weighted by molar-refractivity contribution is 5.98. The lowest BCUT2D eigenvalue weighted by molar-refractivity contribution is -0.137. The second-order valence-corrected chi connectivity index (χ2v) is 6.33. The Bertz CT molecular complexity index is 682. The fourth-order valence-corrected chi connectivity index (χ4v) is 3.25. The van der Waals surface area contributed by atoms with Crippen LogP contribution in [0.5, 0.6) is 0 Å². The average Bonchev–Trinajstić information content (AvgIpc) is 3.02. The number of fused-ring (bicyclic) bond motifs is 1. The molecule has 1 aromatic carbocycles. The summed E-state index contributed by atoms with van der Waals surface area (Å²) in [7, 11) is 0. The molecule has 2 heterocycles. The van der Waals surface area contributed by atoms with E-state index in [0.717, 1.165) is 24.2 Å². The standard InChI is InChI=1S/C18H22N2O5/c21-16(3-4-18(23)24)14-1-2-15-13(11-14)5-6-20(15)12-17(22)19-7-9-25-10-8-19/h1-2,11H,3-10,12H2,(H,23,24). The molecule has 7 heteroatoms. The van der Waals surface area contributed by atoms with Gasteiger partial charge in [0.25, 0.3) is 0 Å². The molecule has 25 heavy (non-hydrogen) atoms. The molecule has 1 amide bonds. The Morgan fingerprint density at radius 2 is 1.84 bits per heavy atom. The highest BCUT2D eigenvalue weighted by Gasteiger charge is 2.25. The maximum Gasteiger partial charge on any atom is 0.303 e. The van der Waals surface area contributed by atoms with E-state index in [4.69, 9.17) is 9.84 Å². The normalized spacial score (nSPS) is 16.6. The van der Waals surface area contributed by atoms with Gasteiger partial charge in [0.15, 0.2) is 5.78 Å². The lowest BCUT2D eigenvalue weighted by Crippen LogP contribution is -2.45. The first-order valence-corrected chi connectivity index (χ1v) is 8.53. The van der Waals surface area contributed by atoms with Gasteiger partial charge in [-0.05, 0) is 30.2 Å². The van der Waals surface area contributed by atoms with Gasteiger partial charge in [-0.25, -0.2) is 0 Å². The number of rotatable bonds is 6. The lowest BCUT2D eigenvalue weighted by atomic mass is 10.0. The van der Waals surface area contributed by atoms with E-state index in [9.17, 15) is 14.4 Å². The minimum absolute atomic E-state index is 0.00729. The SMILES string of the molecule is O=C(O)CCC(=O)c1ccc2c(c1)CCN2CC(=O)N1CCOCC1. The third kappa shape index (κ3) is 4.17. The monoisotopic (exact) mass is 346 g/mol. The summed E-state index contributed by atoms with van der Waals surface area (Å²) in [6.45, 7) is 3.53. The van der Waals surface area contributed by atoms with Crippen molar-refractivity contribution in [2.24, 2.45) is 0 Å². The first-order chi connectivity index (χ1) is 12.0. The van der Waals surface area contributed by atoms with Crippen LogP contribution in [-0.4, -0.2) is 67.1 Å². The zero-order valence-corrected chi connectivity index (χ0v) is 14.1. The van der Waals surface area contributed by atoms with Crippen molar-refractivity contribution in [2.45, 2.75) is 19.3 Å². The molecule has 0 bridgehead atoms. The van der Waals surface area contributed by atoms with Crippen molar-refractivity contribution < 1.29 is 24.2 Å². The Morgan fingerprint density at radius 3 is 2.56 bits per heavy atom. The third-order valence-corrected chi connectivity index (χ3v) is 4.65. The number of morpholine rings is 1. The van der Waals surface area contributed by atoms with E-state index in [0.29, 0.717) is 38.4 Å². The number of ether oxygens (including phenoxy) is 1. The van der Waals surface area contributed by atoms with Crippen molar-refractivity contribution in [1.82, 2.24) is 4.90 Å². The van der Waals surface area contributed by atoms with Crippen LogP contribution in [0, 0.1) is 0 Å². The summed E-state index contributed by atoms with van der Waals surface area (Å²) in [5.74, 6) is -1.03. The van der Waals surface area contributed by atoms with Crippen molar-refractivity contribution in [3.8, 4) is 0 Å². The predicted octanol–water partition coefficient (Wildman–Crippen LogP) is 0.955. The van der Waals surface area contributed by atoms with E-state index < -0.39 is 5.97 Å². The number of hydrogen-bond donors (Lipinski definition) is 1. The van der Waals surface area contributed by atoms with E-state index >= 15 is 0 Å². The molecular weight excluding hydrogens is 324 g/mol. The van der Waals surface area contributed by atoms with Crippen LogP contribution in [0.3, 0.4) is 0 Å². The van der Waals surface area contributed by atoms with Crippen molar-refractivity contribution >= 4 is 23.3 Å². The Labute approximate surface area is 146 Å². The van der Waals surface area contributed by atoms with Crippen LogP contribution in [-0.2, 0) is 20.7 Å². The number of aliphatic carboxylic acids is 1. The molecule has 0 atom stereocenters. The van der Waals surface area contributed by atoms with Crippen LogP contribution < -0.4 is 4.90 Å². The smallest absolute Gasteiger partial charge is 0.303 e. The largest absolute Gasteiger partial charge is 0.481 e. The Morgan fingerprint density at radius 1 is 1.08 bits per heavy atom. The van der Waals surface area contributed by atoms with Gasteiger partial charge < -0.3 is 19.6 Å². The molecule has 1 saturated heterocycles. The summed E-state index contributed by atoms with van der Waals surface area (Å²) in [5, 5.41) is 8.69.